The minimum Gasteiger partial charge on any atom is -0.470 e. The van der Waals surface area contributed by atoms with Crippen molar-refractivity contribution in [2.45, 2.75) is 38.6 Å². The number of hydrogen-bond acceptors (Lipinski definition) is 6. The number of rotatable bonds is 6. The predicted octanol–water partition coefficient (Wildman–Crippen LogP) is 2.15. The van der Waals surface area contributed by atoms with E-state index in [1.54, 1.807) is 12.1 Å². The first-order chi connectivity index (χ1) is 13.0. The molecular weight excluding hydrogens is 348 g/mol. The number of carbonyl (C=O) groups excluding carboxylic acids is 3. The standard InChI is InChI=1S/C20H24N2O5/c1-13-7-5-6-10-15(13)22-17(24)12-27-20(25)18-16(23)11-26-19(18)21-14-8-3-2-4-9-14/h2-4,8-9,13,15,21H,5-7,10-12H2,1H3,(H,22,24)/t13-,15+/m0/s1. The van der Waals surface area contributed by atoms with Crippen LogP contribution < -0.4 is 10.6 Å². The van der Waals surface area contributed by atoms with Crippen LogP contribution in [0.1, 0.15) is 32.6 Å². The lowest BCUT2D eigenvalue weighted by molar-refractivity contribution is -0.146. The van der Waals surface area contributed by atoms with E-state index in [2.05, 4.69) is 17.6 Å². The molecule has 1 aromatic carbocycles. The fraction of sp³-hybridized carbons (Fsp3) is 0.450. The normalized spacial score (nSPS) is 22.2. The van der Waals surface area contributed by atoms with Crippen LogP contribution >= 0.6 is 0 Å². The van der Waals surface area contributed by atoms with Gasteiger partial charge in [0.05, 0.1) is 0 Å². The Hall–Kier alpha value is -2.83. The Morgan fingerprint density at radius 1 is 1.19 bits per heavy atom. The molecule has 0 aromatic heterocycles. The molecule has 0 spiro atoms. The number of anilines is 1. The molecule has 144 valence electrons. The monoisotopic (exact) mass is 372 g/mol. The van der Waals surface area contributed by atoms with Gasteiger partial charge in [0.1, 0.15) is 0 Å². The maximum absolute atomic E-state index is 12.3. The molecular formula is C20H24N2O5. The Labute approximate surface area is 158 Å². The van der Waals surface area contributed by atoms with Gasteiger partial charge in [-0.3, -0.25) is 9.59 Å². The topological polar surface area (TPSA) is 93.7 Å². The lowest BCUT2D eigenvalue weighted by Gasteiger charge is -2.29. The zero-order valence-corrected chi connectivity index (χ0v) is 15.3. The summed E-state index contributed by atoms with van der Waals surface area (Å²) in [7, 11) is 0. The third kappa shape index (κ3) is 4.87. The molecule has 0 bridgehead atoms. The highest BCUT2D eigenvalue weighted by Gasteiger charge is 2.33. The van der Waals surface area contributed by atoms with Gasteiger partial charge >= 0.3 is 5.97 Å². The number of nitrogens with one attached hydrogen (secondary N) is 2. The summed E-state index contributed by atoms with van der Waals surface area (Å²) < 4.78 is 10.3. The molecule has 1 fully saturated rings. The number of carbonyl (C=O) groups is 3. The molecule has 1 saturated carbocycles. The SMILES string of the molecule is C[C@H]1CCCC[C@H]1NC(=O)COC(=O)C1=C(Nc2ccccc2)OCC1=O. The second kappa shape index (κ2) is 8.70. The summed E-state index contributed by atoms with van der Waals surface area (Å²) in [5, 5.41) is 5.81. The van der Waals surface area contributed by atoms with Crippen molar-refractivity contribution in [3.63, 3.8) is 0 Å². The van der Waals surface area contributed by atoms with Gasteiger partial charge in [-0.05, 0) is 30.9 Å². The van der Waals surface area contributed by atoms with E-state index in [0.29, 0.717) is 11.6 Å². The van der Waals surface area contributed by atoms with Gasteiger partial charge < -0.3 is 20.1 Å². The lowest BCUT2D eigenvalue weighted by Crippen LogP contribution is -2.43. The first kappa shape index (κ1) is 18.9. The maximum atomic E-state index is 12.3. The Morgan fingerprint density at radius 3 is 2.67 bits per heavy atom. The van der Waals surface area contributed by atoms with Crippen LogP contribution in [0.4, 0.5) is 5.69 Å². The van der Waals surface area contributed by atoms with Crippen LogP contribution in [-0.2, 0) is 23.9 Å². The van der Waals surface area contributed by atoms with Gasteiger partial charge in [0.25, 0.3) is 5.91 Å². The minimum atomic E-state index is -0.859. The van der Waals surface area contributed by atoms with Gasteiger partial charge in [-0.2, -0.15) is 0 Å². The van der Waals surface area contributed by atoms with Crippen LogP contribution in [-0.4, -0.2) is 36.9 Å². The summed E-state index contributed by atoms with van der Waals surface area (Å²) >= 11 is 0. The van der Waals surface area contributed by atoms with E-state index in [9.17, 15) is 14.4 Å². The molecule has 1 aromatic rings. The van der Waals surface area contributed by atoms with E-state index in [1.807, 2.05) is 18.2 Å². The van der Waals surface area contributed by atoms with E-state index < -0.39 is 18.4 Å². The van der Waals surface area contributed by atoms with Crippen LogP contribution in [0.15, 0.2) is 41.8 Å². The van der Waals surface area contributed by atoms with E-state index >= 15 is 0 Å². The van der Waals surface area contributed by atoms with Crippen molar-refractivity contribution in [1.29, 1.82) is 0 Å². The average Bonchev–Trinajstić information content (AvgIpc) is 3.03. The summed E-state index contributed by atoms with van der Waals surface area (Å²) in [4.78, 5) is 36.4. The number of amides is 1. The van der Waals surface area contributed by atoms with E-state index in [1.165, 1.54) is 6.42 Å². The molecule has 0 unspecified atom stereocenters. The fourth-order valence-corrected chi connectivity index (χ4v) is 3.35. The molecule has 0 radical (unpaired) electrons. The van der Waals surface area contributed by atoms with E-state index in [-0.39, 0.29) is 30.0 Å². The van der Waals surface area contributed by atoms with Gasteiger partial charge in [0.2, 0.25) is 11.7 Å². The first-order valence-corrected chi connectivity index (χ1v) is 9.23. The Bertz CT molecular complexity index is 744. The molecule has 1 aliphatic carbocycles. The highest BCUT2D eigenvalue weighted by molar-refractivity contribution is 6.20. The number of ether oxygens (including phenoxy) is 2. The van der Waals surface area contributed by atoms with Gasteiger partial charge in [-0.15, -0.1) is 0 Å². The van der Waals surface area contributed by atoms with Crippen molar-refractivity contribution in [1.82, 2.24) is 5.32 Å². The lowest BCUT2D eigenvalue weighted by atomic mass is 9.86. The minimum absolute atomic E-state index is 0.0533. The fourth-order valence-electron chi connectivity index (χ4n) is 3.35. The molecule has 27 heavy (non-hydrogen) atoms. The van der Waals surface area contributed by atoms with Gasteiger partial charge in [0, 0.05) is 11.7 Å². The zero-order chi connectivity index (χ0) is 19.2. The molecule has 0 saturated heterocycles. The van der Waals surface area contributed by atoms with E-state index in [4.69, 9.17) is 9.47 Å². The summed E-state index contributed by atoms with van der Waals surface area (Å²) in [5.74, 6) is -1.22. The van der Waals surface area contributed by atoms with Crippen LogP contribution in [0.3, 0.4) is 0 Å². The molecule has 1 amide bonds. The Kier molecular flexibility index (Phi) is 6.11. The second-order valence-electron chi connectivity index (χ2n) is 6.92. The number of benzene rings is 1. The number of hydrogen-bond donors (Lipinski definition) is 2. The average molecular weight is 372 g/mol. The van der Waals surface area contributed by atoms with Crippen molar-refractivity contribution in [2.75, 3.05) is 18.5 Å². The van der Waals surface area contributed by atoms with Crippen molar-refractivity contribution in [3.05, 3.63) is 41.8 Å². The number of Topliss-reactive ketones (excluding diaryl/α,β-unsaturated/α-hetero) is 1. The first-order valence-electron chi connectivity index (χ1n) is 9.23. The van der Waals surface area contributed by atoms with Crippen molar-refractivity contribution in [3.8, 4) is 0 Å². The molecule has 2 aliphatic rings. The molecule has 7 nitrogen and oxygen atoms in total. The number of para-hydroxylation sites is 1. The summed E-state index contributed by atoms with van der Waals surface area (Å²) in [6, 6.07) is 9.14. The predicted molar refractivity (Wildman–Crippen MR) is 98.6 cm³/mol. The number of ketones is 1. The molecule has 7 heteroatoms. The summed E-state index contributed by atoms with van der Waals surface area (Å²) in [5.41, 5.74) is 0.481. The summed E-state index contributed by atoms with van der Waals surface area (Å²) in [6.45, 7) is 1.46. The van der Waals surface area contributed by atoms with E-state index in [0.717, 1.165) is 19.3 Å². The second-order valence-corrected chi connectivity index (χ2v) is 6.92. The maximum Gasteiger partial charge on any atom is 0.347 e. The van der Waals surface area contributed by atoms with Crippen molar-refractivity contribution in [2.24, 2.45) is 5.92 Å². The summed E-state index contributed by atoms with van der Waals surface area (Å²) in [6.07, 6.45) is 4.28. The van der Waals surface area contributed by atoms with Crippen LogP contribution in [0.2, 0.25) is 0 Å². The quantitative estimate of drug-likeness (QED) is 0.587. The van der Waals surface area contributed by atoms with Crippen LogP contribution in [0.5, 0.6) is 0 Å². The number of esters is 1. The van der Waals surface area contributed by atoms with Crippen molar-refractivity contribution < 1.29 is 23.9 Å². The molecule has 3 rings (SSSR count). The van der Waals surface area contributed by atoms with Gasteiger partial charge in [-0.25, -0.2) is 4.79 Å². The molecule has 1 heterocycles. The highest BCUT2D eigenvalue weighted by atomic mass is 16.5. The van der Waals surface area contributed by atoms with Crippen LogP contribution in [0.25, 0.3) is 0 Å². The Morgan fingerprint density at radius 2 is 1.93 bits per heavy atom. The molecule has 1 aliphatic heterocycles. The van der Waals surface area contributed by atoms with Gasteiger partial charge in [0.15, 0.2) is 18.8 Å². The third-order valence-electron chi connectivity index (χ3n) is 4.88. The zero-order valence-electron chi connectivity index (χ0n) is 15.3. The van der Waals surface area contributed by atoms with Crippen molar-refractivity contribution >= 4 is 23.3 Å². The smallest absolute Gasteiger partial charge is 0.347 e. The highest BCUT2D eigenvalue weighted by Crippen LogP contribution is 2.24. The Balaban J connectivity index is 1.57. The van der Waals surface area contributed by atoms with Gasteiger partial charge in [-0.1, -0.05) is 38.0 Å². The third-order valence-corrected chi connectivity index (χ3v) is 4.88. The molecule has 2 N–H and O–H groups in total. The largest absolute Gasteiger partial charge is 0.470 e. The molecule has 2 atom stereocenters. The van der Waals surface area contributed by atoms with Crippen LogP contribution in [0, 0.1) is 5.92 Å².